The Balaban J connectivity index is 4.38. The van der Waals surface area contributed by atoms with Gasteiger partial charge >= 0.3 is 11.9 Å². The van der Waals surface area contributed by atoms with E-state index in [1.807, 2.05) is 0 Å². The maximum absolute atomic E-state index is 12.6. The van der Waals surface area contributed by atoms with E-state index in [9.17, 15) is 9.59 Å². The minimum absolute atomic E-state index is 0.0355. The van der Waals surface area contributed by atoms with Crippen LogP contribution in [0.3, 0.4) is 0 Å². The van der Waals surface area contributed by atoms with E-state index in [4.69, 9.17) is 14.2 Å². The molecule has 0 spiro atoms. The van der Waals surface area contributed by atoms with Crippen molar-refractivity contribution in [1.29, 1.82) is 0 Å². The Labute approximate surface area is 320 Å². The molecule has 0 saturated heterocycles. The fourth-order valence-corrected chi connectivity index (χ4v) is 5.12. The maximum Gasteiger partial charge on any atom is 0.306 e. The number of esters is 2. The van der Waals surface area contributed by atoms with E-state index in [-0.39, 0.29) is 25.2 Å². The van der Waals surface area contributed by atoms with Gasteiger partial charge in [-0.05, 0) is 83.5 Å². The van der Waals surface area contributed by atoms with E-state index in [0.29, 0.717) is 19.4 Å². The lowest BCUT2D eigenvalue weighted by Crippen LogP contribution is -2.30. The SMILES string of the molecule is CC/C=C\C/C=C\C/C=C\C/C=C\C/C=C\CCOCC(COC(=O)CCCCC/C=C\C/C=C\C/C=C\CC)OC(=O)CCCCCCCCC. The highest BCUT2D eigenvalue weighted by atomic mass is 16.6. The monoisotopic (exact) mass is 721 g/mol. The van der Waals surface area contributed by atoms with E-state index >= 15 is 0 Å². The molecule has 0 amide bonds. The third-order valence-corrected chi connectivity index (χ3v) is 8.13. The zero-order chi connectivity index (χ0) is 37.8. The summed E-state index contributed by atoms with van der Waals surface area (Å²) in [4.78, 5) is 25.0. The van der Waals surface area contributed by atoms with Gasteiger partial charge in [-0.2, -0.15) is 0 Å². The average Bonchev–Trinajstić information content (AvgIpc) is 3.14. The third-order valence-electron chi connectivity index (χ3n) is 8.13. The number of hydrogen-bond acceptors (Lipinski definition) is 5. The van der Waals surface area contributed by atoms with Crippen LogP contribution in [0.15, 0.2) is 97.2 Å². The largest absolute Gasteiger partial charge is 0.462 e. The van der Waals surface area contributed by atoms with Crippen LogP contribution in [0.5, 0.6) is 0 Å². The zero-order valence-electron chi connectivity index (χ0n) is 33.5. The van der Waals surface area contributed by atoms with E-state index in [1.54, 1.807) is 0 Å². The Kier molecular flexibility index (Phi) is 39.7. The van der Waals surface area contributed by atoms with Crippen molar-refractivity contribution >= 4 is 11.9 Å². The van der Waals surface area contributed by atoms with E-state index in [0.717, 1.165) is 103 Å². The molecule has 0 radical (unpaired) electrons. The molecule has 0 saturated carbocycles. The van der Waals surface area contributed by atoms with Gasteiger partial charge in [-0.3, -0.25) is 9.59 Å². The summed E-state index contributed by atoms with van der Waals surface area (Å²) in [6, 6.07) is 0. The minimum Gasteiger partial charge on any atom is -0.462 e. The number of unbranched alkanes of at least 4 members (excludes halogenated alkanes) is 9. The Bertz CT molecular complexity index is 1040. The molecule has 1 atom stereocenters. The molecule has 5 nitrogen and oxygen atoms in total. The third kappa shape index (κ3) is 39.6. The first-order chi connectivity index (χ1) is 25.6. The van der Waals surface area contributed by atoms with Crippen molar-refractivity contribution in [3.63, 3.8) is 0 Å². The van der Waals surface area contributed by atoms with E-state index in [1.165, 1.54) is 25.7 Å². The van der Waals surface area contributed by atoms with Crippen molar-refractivity contribution in [3.05, 3.63) is 97.2 Å². The molecule has 0 aliphatic heterocycles. The standard InChI is InChI=1S/C47H76O5/c1-4-7-10-13-16-18-20-22-23-24-26-28-30-33-36-39-42-50-43-45(52-47(49)41-38-35-31-15-12-9-6-3)44-51-46(48)40-37-34-32-29-27-25-21-19-17-14-11-8-5-2/h7-8,10-11,16-19,22-23,25-28,33,36,45H,4-6,9,12-15,20-21,24,29-32,34-35,37-44H2,1-3H3/b10-7-,11-8-,18-16-,19-17-,23-22-,27-25-,28-26-,36-33-. The van der Waals surface area contributed by atoms with E-state index in [2.05, 4.69) is 118 Å². The number of hydrogen-bond donors (Lipinski definition) is 0. The van der Waals surface area contributed by atoms with Gasteiger partial charge in [-0.25, -0.2) is 0 Å². The second-order valence-corrected chi connectivity index (χ2v) is 13.1. The molecule has 0 bridgehead atoms. The Morgan fingerprint density at radius 2 is 0.865 bits per heavy atom. The first-order valence-corrected chi connectivity index (χ1v) is 20.8. The van der Waals surface area contributed by atoms with Crippen molar-refractivity contribution in [3.8, 4) is 0 Å². The van der Waals surface area contributed by atoms with Crippen LogP contribution in [0, 0.1) is 0 Å². The predicted octanol–water partition coefficient (Wildman–Crippen LogP) is 13.5. The van der Waals surface area contributed by atoms with Crippen LogP contribution in [0.1, 0.15) is 162 Å². The van der Waals surface area contributed by atoms with Gasteiger partial charge in [-0.15, -0.1) is 0 Å². The van der Waals surface area contributed by atoms with Crippen molar-refractivity contribution in [2.75, 3.05) is 19.8 Å². The molecule has 52 heavy (non-hydrogen) atoms. The number of ether oxygens (including phenoxy) is 3. The summed E-state index contributed by atoms with van der Waals surface area (Å²) < 4.78 is 17.1. The molecule has 0 N–H and O–H groups in total. The number of carbonyl (C=O) groups is 2. The molecule has 0 aliphatic rings. The molecule has 0 aromatic carbocycles. The highest BCUT2D eigenvalue weighted by molar-refractivity contribution is 5.70. The lowest BCUT2D eigenvalue weighted by molar-refractivity contribution is -0.162. The van der Waals surface area contributed by atoms with Crippen molar-refractivity contribution < 1.29 is 23.8 Å². The van der Waals surface area contributed by atoms with Gasteiger partial charge in [0.25, 0.3) is 0 Å². The second-order valence-electron chi connectivity index (χ2n) is 13.1. The van der Waals surface area contributed by atoms with Crippen LogP contribution in [0.25, 0.3) is 0 Å². The zero-order valence-corrected chi connectivity index (χ0v) is 33.5. The van der Waals surface area contributed by atoms with Crippen LogP contribution in [0.4, 0.5) is 0 Å². The van der Waals surface area contributed by atoms with Crippen molar-refractivity contribution in [1.82, 2.24) is 0 Å². The summed E-state index contributed by atoms with van der Waals surface area (Å²) in [5.74, 6) is -0.488. The van der Waals surface area contributed by atoms with Gasteiger partial charge in [0.15, 0.2) is 6.10 Å². The van der Waals surface area contributed by atoms with Crippen LogP contribution < -0.4 is 0 Å². The average molecular weight is 721 g/mol. The predicted molar refractivity (Wildman–Crippen MR) is 223 cm³/mol. The molecule has 5 heteroatoms. The van der Waals surface area contributed by atoms with Crippen LogP contribution in [-0.4, -0.2) is 37.9 Å². The van der Waals surface area contributed by atoms with Gasteiger partial charge in [0, 0.05) is 12.8 Å². The van der Waals surface area contributed by atoms with Gasteiger partial charge in [0.05, 0.1) is 13.2 Å². The molecular formula is C47H76O5. The molecule has 0 aliphatic carbocycles. The molecular weight excluding hydrogens is 645 g/mol. The molecule has 0 fully saturated rings. The summed E-state index contributed by atoms with van der Waals surface area (Å²) in [6.45, 7) is 7.29. The topological polar surface area (TPSA) is 61.8 Å². The fourth-order valence-electron chi connectivity index (χ4n) is 5.12. The summed E-state index contributed by atoms with van der Waals surface area (Å²) >= 11 is 0. The first-order valence-electron chi connectivity index (χ1n) is 20.8. The molecule has 0 rings (SSSR count). The van der Waals surface area contributed by atoms with Gasteiger partial charge in [0.1, 0.15) is 6.61 Å². The van der Waals surface area contributed by atoms with Gasteiger partial charge in [-0.1, -0.05) is 163 Å². The quantitative estimate of drug-likeness (QED) is 0.0366. The molecule has 1 unspecified atom stereocenters. The van der Waals surface area contributed by atoms with Crippen LogP contribution in [0.2, 0.25) is 0 Å². The van der Waals surface area contributed by atoms with Gasteiger partial charge < -0.3 is 14.2 Å². The number of allylic oxidation sites excluding steroid dienone is 15. The Morgan fingerprint density at radius 1 is 0.442 bits per heavy atom. The second kappa shape index (κ2) is 42.2. The molecule has 0 aromatic heterocycles. The van der Waals surface area contributed by atoms with Crippen LogP contribution in [-0.2, 0) is 23.8 Å². The lowest BCUT2D eigenvalue weighted by Gasteiger charge is -2.18. The minimum atomic E-state index is -0.587. The maximum atomic E-state index is 12.6. The smallest absolute Gasteiger partial charge is 0.306 e. The summed E-state index contributed by atoms with van der Waals surface area (Å²) in [5.41, 5.74) is 0. The number of rotatable bonds is 36. The summed E-state index contributed by atoms with van der Waals surface area (Å²) in [7, 11) is 0. The van der Waals surface area contributed by atoms with Gasteiger partial charge in [0.2, 0.25) is 0 Å². The van der Waals surface area contributed by atoms with E-state index < -0.39 is 6.10 Å². The van der Waals surface area contributed by atoms with Crippen molar-refractivity contribution in [2.24, 2.45) is 0 Å². The highest BCUT2D eigenvalue weighted by Gasteiger charge is 2.17. The Morgan fingerprint density at radius 3 is 1.38 bits per heavy atom. The van der Waals surface area contributed by atoms with Crippen LogP contribution >= 0.6 is 0 Å². The Hall–Kier alpha value is -3.18. The summed E-state index contributed by atoms with van der Waals surface area (Å²) in [5, 5.41) is 0. The lowest BCUT2D eigenvalue weighted by atomic mass is 10.1. The highest BCUT2D eigenvalue weighted by Crippen LogP contribution is 2.11. The van der Waals surface area contributed by atoms with Crippen molar-refractivity contribution in [2.45, 2.75) is 168 Å². The fraction of sp³-hybridized carbons (Fsp3) is 0.617. The number of carbonyl (C=O) groups excluding carboxylic acids is 2. The first kappa shape index (κ1) is 48.8. The molecule has 0 heterocycles. The molecule has 0 aromatic rings. The summed E-state index contributed by atoms with van der Waals surface area (Å²) in [6.07, 6.45) is 55.8. The normalized spacial score (nSPS) is 13.2. The molecule has 294 valence electrons.